The second kappa shape index (κ2) is 6.08. The molecule has 1 fully saturated rings. The average Bonchev–Trinajstić information content (AvgIpc) is 2.77. The van der Waals surface area contributed by atoms with Crippen LogP contribution in [-0.2, 0) is 4.74 Å². The fraction of sp³-hybridized carbons (Fsp3) is 0.263. The molecule has 0 radical (unpaired) electrons. The topological polar surface area (TPSA) is 9.23 Å². The normalized spacial score (nSPS) is 22.2. The molecule has 0 amide bonds. The van der Waals surface area contributed by atoms with Crippen molar-refractivity contribution >= 4 is 29.3 Å². The lowest BCUT2D eigenvalue weighted by atomic mass is 9.93. The summed E-state index contributed by atoms with van der Waals surface area (Å²) in [6, 6.07) is 15.8. The second-order valence-electron chi connectivity index (χ2n) is 6.09. The Bertz CT molecular complexity index is 684. The van der Waals surface area contributed by atoms with Gasteiger partial charge in [-0.25, -0.2) is 0 Å². The largest absolute Gasteiger partial charge is 0.363 e. The molecule has 0 saturated carbocycles. The number of ether oxygens (including phenoxy) is 1. The minimum atomic E-state index is -0.274. The predicted molar refractivity (Wildman–Crippen MR) is 93.4 cm³/mol. The molecule has 1 nitrogen and oxygen atoms in total. The Balaban J connectivity index is 1.86. The summed E-state index contributed by atoms with van der Waals surface area (Å²) in [5, 5.41) is 1.50. The summed E-state index contributed by atoms with van der Waals surface area (Å²) in [5.74, 6) is 0. The Labute approximate surface area is 141 Å². The van der Waals surface area contributed by atoms with E-state index in [4.69, 9.17) is 27.9 Å². The van der Waals surface area contributed by atoms with Gasteiger partial charge in [0.2, 0.25) is 0 Å². The quantitative estimate of drug-likeness (QED) is 0.625. The van der Waals surface area contributed by atoms with E-state index in [-0.39, 0.29) is 11.7 Å². The number of hydrogen-bond acceptors (Lipinski definition) is 1. The summed E-state index contributed by atoms with van der Waals surface area (Å²) in [4.78, 5) is 0. The number of hydrogen-bond donors (Lipinski definition) is 0. The molecular weight excluding hydrogens is 315 g/mol. The zero-order chi connectivity index (χ0) is 15.7. The number of halogens is 2. The molecule has 0 aliphatic carbocycles. The Morgan fingerprint density at radius 3 is 2.09 bits per heavy atom. The van der Waals surface area contributed by atoms with Crippen LogP contribution in [0.3, 0.4) is 0 Å². The van der Waals surface area contributed by atoms with Crippen molar-refractivity contribution in [1.29, 1.82) is 0 Å². The van der Waals surface area contributed by atoms with Crippen molar-refractivity contribution in [1.82, 2.24) is 0 Å². The van der Waals surface area contributed by atoms with Crippen LogP contribution in [0, 0.1) is 0 Å². The lowest BCUT2D eigenvalue weighted by Gasteiger charge is -2.21. The van der Waals surface area contributed by atoms with Crippen molar-refractivity contribution in [3.05, 3.63) is 75.3 Å². The SMILES string of the molecule is CC1(C)OC(c2ccc(Cl)cc2)C/C1=C\c1ccc(Cl)cc1. The molecule has 22 heavy (non-hydrogen) atoms. The van der Waals surface area contributed by atoms with E-state index in [2.05, 4.69) is 19.9 Å². The van der Waals surface area contributed by atoms with E-state index in [0.717, 1.165) is 27.6 Å². The third kappa shape index (κ3) is 3.38. The lowest BCUT2D eigenvalue weighted by Crippen LogP contribution is -2.20. The highest BCUT2D eigenvalue weighted by atomic mass is 35.5. The average molecular weight is 333 g/mol. The molecule has 2 aromatic rings. The first kappa shape index (κ1) is 15.6. The highest BCUT2D eigenvalue weighted by molar-refractivity contribution is 6.30. The third-order valence-corrected chi connectivity index (χ3v) is 4.57. The van der Waals surface area contributed by atoms with Gasteiger partial charge in [-0.3, -0.25) is 0 Å². The fourth-order valence-corrected chi connectivity index (χ4v) is 3.03. The molecule has 1 aliphatic rings. The Kier molecular flexibility index (Phi) is 4.31. The van der Waals surface area contributed by atoms with Gasteiger partial charge >= 0.3 is 0 Å². The van der Waals surface area contributed by atoms with E-state index < -0.39 is 0 Å². The van der Waals surface area contributed by atoms with Crippen LogP contribution in [0.2, 0.25) is 10.0 Å². The van der Waals surface area contributed by atoms with Gasteiger partial charge in [0.15, 0.2) is 0 Å². The molecule has 114 valence electrons. The van der Waals surface area contributed by atoms with Crippen LogP contribution in [-0.4, -0.2) is 5.60 Å². The van der Waals surface area contributed by atoms with Gasteiger partial charge < -0.3 is 4.74 Å². The van der Waals surface area contributed by atoms with Crippen molar-refractivity contribution in [3.8, 4) is 0 Å². The van der Waals surface area contributed by atoms with Crippen LogP contribution in [0.25, 0.3) is 6.08 Å². The first-order chi connectivity index (χ1) is 10.4. The number of benzene rings is 2. The van der Waals surface area contributed by atoms with E-state index in [1.54, 1.807) is 0 Å². The number of rotatable bonds is 2. The monoisotopic (exact) mass is 332 g/mol. The maximum absolute atomic E-state index is 6.25. The molecule has 1 atom stereocenters. The van der Waals surface area contributed by atoms with Crippen molar-refractivity contribution in [3.63, 3.8) is 0 Å². The maximum atomic E-state index is 6.25. The molecule has 1 aliphatic heterocycles. The van der Waals surface area contributed by atoms with Gasteiger partial charge in [-0.2, -0.15) is 0 Å². The van der Waals surface area contributed by atoms with Crippen molar-refractivity contribution in [2.24, 2.45) is 0 Å². The van der Waals surface area contributed by atoms with Crippen molar-refractivity contribution in [2.75, 3.05) is 0 Å². The highest BCUT2D eigenvalue weighted by Gasteiger charge is 2.37. The van der Waals surface area contributed by atoms with Gasteiger partial charge in [0.05, 0.1) is 11.7 Å². The zero-order valence-electron chi connectivity index (χ0n) is 12.6. The highest BCUT2D eigenvalue weighted by Crippen LogP contribution is 2.44. The van der Waals surface area contributed by atoms with E-state index in [1.165, 1.54) is 5.57 Å². The molecule has 0 N–H and O–H groups in total. The second-order valence-corrected chi connectivity index (χ2v) is 6.97. The summed E-state index contributed by atoms with van der Waals surface area (Å²) in [7, 11) is 0. The predicted octanol–water partition coefficient (Wildman–Crippen LogP) is 6.32. The summed E-state index contributed by atoms with van der Waals surface area (Å²) in [6.45, 7) is 4.23. The molecule has 0 aromatic heterocycles. The molecule has 0 spiro atoms. The minimum Gasteiger partial charge on any atom is -0.363 e. The van der Waals surface area contributed by atoms with Crippen LogP contribution in [0.5, 0.6) is 0 Å². The summed E-state index contributed by atoms with van der Waals surface area (Å²) >= 11 is 11.9. The molecule has 0 bridgehead atoms. The van der Waals surface area contributed by atoms with Crippen LogP contribution >= 0.6 is 23.2 Å². The van der Waals surface area contributed by atoms with Gasteiger partial charge in [-0.05, 0) is 54.8 Å². The van der Waals surface area contributed by atoms with Crippen molar-refractivity contribution in [2.45, 2.75) is 32.0 Å². The Morgan fingerprint density at radius 2 is 1.50 bits per heavy atom. The van der Waals surface area contributed by atoms with E-state index in [1.807, 2.05) is 48.5 Å². The summed E-state index contributed by atoms with van der Waals surface area (Å²) in [6.07, 6.45) is 3.16. The molecular formula is C19H18Cl2O. The molecule has 3 rings (SSSR count). The zero-order valence-corrected chi connectivity index (χ0v) is 14.2. The fourth-order valence-electron chi connectivity index (χ4n) is 2.77. The molecule has 2 aromatic carbocycles. The van der Waals surface area contributed by atoms with Crippen LogP contribution < -0.4 is 0 Å². The van der Waals surface area contributed by atoms with Gasteiger partial charge in [0.1, 0.15) is 0 Å². The Hall–Kier alpha value is -1.28. The molecule has 1 unspecified atom stereocenters. The van der Waals surface area contributed by atoms with E-state index in [9.17, 15) is 0 Å². The van der Waals surface area contributed by atoms with Crippen LogP contribution in [0.15, 0.2) is 54.1 Å². The molecule has 1 saturated heterocycles. The maximum Gasteiger partial charge on any atom is 0.0874 e. The lowest BCUT2D eigenvalue weighted by molar-refractivity contribution is -0.00408. The first-order valence-corrected chi connectivity index (χ1v) is 8.09. The van der Waals surface area contributed by atoms with Gasteiger partial charge in [0, 0.05) is 16.5 Å². The summed E-state index contributed by atoms with van der Waals surface area (Å²) in [5.41, 5.74) is 3.32. The van der Waals surface area contributed by atoms with Crippen molar-refractivity contribution < 1.29 is 4.74 Å². The first-order valence-electron chi connectivity index (χ1n) is 7.34. The molecule has 1 heterocycles. The van der Waals surface area contributed by atoms with Gasteiger partial charge in [-0.1, -0.05) is 53.5 Å². The molecule has 3 heteroatoms. The van der Waals surface area contributed by atoms with E-state index >= 15 is 0 Å². The van der Waals surface area contributed by atoms with Gasteiger partial charge in [0.25, 0.3) is 0 Å². The summed E-state index contributed by atoms with van der Waals surface area (Å²) < 4.78 is 6.25. The standard InChI is InChI=1S/C19H18Cl2O/c1-19(2)15(11-13-3-7-16(20)8-4-13)12-18(22-19)14-5-9-17(21)10-6-14/h3-11,18H,12H2,1-2H3/b15-11+. The minimum absolute atomic E-state index is 0.0748. The Morgan fingerprint density at radius 1 is 0.955 bits per heavy atom. The van der Waals surface area contributed by atoms with Crippen LogP contribution in [0.4, 0.5) is 0 Å². The van der Waals surface area contributed by atoms with Gasteiger partial charge in [-0.15, -0.1) is 0 Å². The van der Waals surface area contributed by atoms with Crippen LogP contribution in [0.1, 0.15) is 37.5 Å². The van der Waals surface area contributed by atoms with E-state index in [0.29, 0.717) is 0 Å². The third-order valence-electron chi connectivity index (χ3n) is 4.07. The smallest absolute Gasteiger partial charge is 0.0874 e.